The van der Waals surface area contributed by atoms with Crippen LogP contribution in [0, 0.1) is 11.8 Å². The number of hydrogen-bond donors (Lipinski definition) is 3. The van der Waals surface area contributed by atoms with Gasteiger partial charge in [-0.3, -0.25) is 28.9 Å². The summed E-state index contributed by atoms with van der Waals surface area (Å²) >= 11 is 0. The van der Waals surface area contributed by atoms with E-state index in [0.717, 1.165) is 52.0 Å². The van der Waals surface area contributed by atoms with Crippen molar-refractivity contribution in [2.75, 3.05) is 34.9 Å². The molecule has 14 heteroatoms. The van der Waals surface area contributed by atoms with Gasteiger partial charge in [0.15, 0.2) is 11.7 Å². The van der Waals surface area contributed by atoms with E-state index in [1.54, 1.807) is 25.3 Å². The quantitative estimate of drug-likeness (QED) is 0.111. The summed E-state index contributed by atoms with van der Waals surface area (Å²) in [5.41, 5.74) is 10.3. The number of unbranched alkanes of at least 4 members (excludes halogenated alkanes) is 3. The number of pyridine rings is 1. The third kappa shape index (κ3) is 28.3. The van der Waals surface area contributed by atoms with Crippen LogP contribution in [0.1, 0.15) is 104 Å². The van der Waals surface area contributed by atoms with E-state index in [4.69, 9.17) is 15.6 Å². The van der Waals surface area contributed by atoms with Crippen molar-refractivity contribution in [1.82, 2.24) is 9.88 Å². The number of aldehydes is 2. The van der Waals surface area contributed by atoms with Crippen LogP contribution in [-0.4, -0.2) is 81.2 Å². The smallest absolute Gasteiger partial charge is 0.857 e. The van der Waals surface area contributed by atoms with E-state index in [9.17, 15) is 28.8 Å². The molecule has 5 N–H and O–H groups in total. The fourth-order valence-corrected chi connectivity index (χ4v) is 4.29. The Hall–Kier alpha value is -3.36. The number of benzene rings is 1. The molecule has 13 nitrogen and oxygen atoms in total. The second-order valence-electron chi connectivity index (χ2n) is 10.5. The first-order valence-corrected chi connectivity index (χ1v) is 17.4. The van der Waals surface area contributed by atoms with E-state index in [-0.39, 0.29) is 70.4 Å². The van der Waals surface area contributed by atoms with E-state index in [2.05, 4.69) is 28.5 Å². The summed E-state index contributed by atoms with van der Waals surface area (Å²) in [6.45, 7) is 14.4. The number of aromatic amines is 1. The minimum atomic E-state index is -0.333. The second-order valence-corrected chi connectivity index (χ2v) is 10.5. The minimum absolute atomic E-state index is 0. The van der Waals surface area contributed by atoms with Crippen molar-refractivity contribution in [2.24, 2.45) is 23.3 Å². The van der Waals surface area contributed by atoms with Crippen molar-refractivity contribution in [1.29, 1.82) is 0 Å². The molecule has 2 aliphatic rings. The van der Waals surface area contributed by atoms with Gasteiger partial charge in [-0.1, -0.05) is 59.6 Å². The number of primary amides is 2. The van der Waals surface area contributed by atoms with Gasteiger partial charge in [0.05, 0.1) is 37.4 Å². The number of aromatic nitrogens is 1. The number of allylic oxidation sites excluding steroid dienone is 2. The Kier molecular flexibility index (Phi) is 43.3. The monoisotopic (exact) mass is 744 g/mol. The SMILES string of the molecule is C/C=C\C1CC1C(=O)OC.CC.CC.CC(N)=O.CCCCCC=O.CN1CCCC1C(N)=O.COc1ccc2c(=O)cc(C=O)[nH]c2c1.C[O-].[Na+]. The molecule has 1 saturated heterocycles. The summed E-state index contributed by atoms with van der Waals surface area (Å²) in [6.07, 6.45) is 12.8. The zero-order valence-electron chi connectivity index (χ0n) is 33.8. The summed E-state index contributed by atoms with van der Waals surface area (Å²) in [5.74, 6) is 0.665. The van der Waals surface area contributed by atoms with Crippen molar-refractivity contribution >= 4 is 41.3 Å². The van der Waals surface area contributed by atoms with Crippen LogP contribution in [0.25, 0.3) is 10.9 Å². The largest absolute Gasteiger partial charge is 1.00 e. The first-order valence-electron chi connectivity index (χ1n) is 17.4. The van der Waals surface area contributed by atoms with Gasteiger partial charge in [-0.15, -0.1) is 0 Å². The van der Waals surface area contributed by atoms with Gasteiger partial charge in [-0.25, -0.2) is 0 Å². The molecule has 2 heterocycles. The van der Waals surface area contributed by atoms with Gasteiger partial charge in [0.2, 0.25) is 11.8 Å². The number of amides is 2. The Balaban J connectivity index is -0.000000178. The number of likely N-dealkylation sites (N-methyl/N-ethyl adjacent to an activating group) is 1. The van der Waals surface area contributed by atoms with Crippen LogP contribution < -0.4 is 56.3 Å². The number of likely N-dealkylation sites (tertiary alicyclic amines) is 1. The van der Waals surface area contributed by atoms with Crippen molar-refractivity contribution in [2.45, 2.75) is 99.5 Å². The molecule has 52 heavy (non-hydrogen) atoms. The number of hydrogen-bond acceptors (Lipinski definition) is 10. The number of fused-ring (bicyclic) bond motifs is 1. The van der Waals surface area contributed by atoms with Crippen molar-refractivity contribution in [3.8, 4) is 5.75 Å². The average molecular weight is 745 g/mol. The van der Waals surface area contributed by atoms with Crippen LogP contribution >= 0.6 is 0 Å². The predicted octanol–water partition coefficient (Wildman–Crippen LogP) is 1.58. The number of carbonyl (C=O) groups is 5. The van der Waals surface area contributed by atoms with Gasteiger partial charge in [-0.05, 0) is 64.3 Å². The molecule has 0 bridgehead atoms. The fourth-order valence-electron chi connectivity index (χ4n) is 4.29. The zero-order valence-corrected chi connectivity index (χ0v) is 35.8. The summed E-state index contributed by atoms with van der Waals surface area (Å²) < 4.78 is 9.60. The number of nitrogens with zero attached hydrogens (tertiary/aromatic N) is 1. The molecule has 2 amide bonds. The fraction of sp³-hybridized carbons (Fsp3) is 0.579. The molecule has 1 aliphatic carbocycles. The number of rotatable bonds is 9. The number of carbonyl (C=O) groups excluding carboxylic acids is 5. The van der Waals surface area contributed by atoms with Crippen molar-refractivity contribution in [3.05, 3.63) is 52.3 Å². The van der Waals surface area contributed by atoms with Crippen LogP contribution in [0.3, 0.4) is 0 Å². The summed E-state index contributed by atoms with van der Waals surface area (Å²) in [7, 11) is 5.67. The first kappa shape index (κ1) is 58.0. The Morgan fingerprint density at radius 2 is 1.62 bits per heavy atom. The van der Waals surface area contributed by atoms with E-state index >= 15 is 0 Å². The molecule has 1 aromatic heterocycles. The summed E-state index contributed by atoms with van der Waals surface area (Å²) in [5, 5.41) is 8.79. The number of methoxy groups -OCH3 is 2. The Labute approximate surface area is 333 Å². The van der Waals surface area contributed by atoms with Gasteiger partial charge in [0, 0.05) is 30.9 Å². The van der Waals surface area contributed by atoms with E-state index < -0.39 is 0 Å². The third-order valence-electron chi connectivity index (χ3n) is 6.74. The summed E-state index contributed by atoms with van der Waals surface area (Å²) in [6, 6.07) is 6.34. The Morgan fingerprint density at radius 1 is 1.04 bits per heavy atom. The summed E-state index contributed by atoms with van der Waals surface area (Å²) in [4.78, 5) is 67.2. The maximum absolute atomic E-state index is 11.5. The van der Waals surface area contributed by atoms with Crippen LogP contribution in [0.5, 0.6) is 5.75 Å². The van der Waals surface area contributed by atoms with Gasteiger partial charge in [0.1, 0.15) is 12.0 Å². The standard InChI is InChI=1S/C11H9NO3.C8H12O2.C6H12N2O.C6H12O.C2H5NO.2C2H6.CH3O.Na/c1-15-8-2-3-9-10(5-8)12-7(6-13)4-11(9)14;1-3-4-6-5-7(6)8(9)10-2;1-8-4-2-3-5(8)6(7)9;1-2-3-4-5-6-7;1-2(3)4;3*1-2;/h2-6H,1H3,(H,12,14);3-4,6-7H,5H2,1-2H3;5H,2-4H2,1H3,(H2,7,9);6H,2-5H2,1H3;1H3,(H2,3,4);2*1-2H3;1H3;/q;;;;;;;-1;+1/b;4-3-;;;;;;;. The second kappa shape index (κ2) is 38.9. The molecule has 3 atom stereocenters. The first-order chi connectivity index (χ1) is 24.4. The number of nitrogens with two attached hydrogens (primary N) is 2. The predicted molar refractivity (Wildman–Crippen MR) is 203 cm³/mol. The van der Waals surface area contributed by atoms with Gasteiger partial charge in [-0.2, -0.15) is 7.11 Å². The maximum atomic E-state index is 11.5. The van der Waals surface area contributed by atoms with Crippen LogP contribution in [-0.2, 0) is 23.9 Å². The average Bonchev–Trinajstić information content (AvgIpc) is 3.78. The van der Waals surface area contributed by atoms with Crippen LogP contribution in [0.4, 0.5) is 0 Å². The van der Waals surface area contributed by atoms with Gasteiger partial charge < -0.3 is 35.8 Å². The molecule has 1 aromatic carbocycles. The van der Waals surface area contributed by atoms with Crippen LogP contribution in [0.15, 0.2) is 41.2 Å². The number of esters is 1. The van der Waals surface area contributed by atoms with Crippen molar-refractivity contribution in [3.63, 3.8) is 0 Å². The zero-order chi connectivity index (χ0) is 40.4. The molecule has 1 saturated carbocycles. The molecule has 0 spiro atoms. The molecule has 4 rings (SSSR count). The number of H-pyrrole nitrogens is 1. The third-order valence-corrected chi connectivity index (χ3v) is 6.74. The molecular formula is C38H65N4NaO9. The van der Waals surface area contributed by atoms with E-state index in [1.807, 2.05) is 52.6 Å². The Morgan fingerprint density at radius 3 is 2.00 bits per heavy atom. The molecule has 3 unspecified atom stereocenters. The normalized spacial score (nSPS) is 15.8. The van der Waals surface area contributed by atoms with Crippen LogP contribution in [0.2, 0.25) is 0 Å². The molecule has 0 radical (unpaired) electrons. The van der Waals surface area contributed by atoms with E-state index in [1.165, 1.54) is 32.9 Å². The maximum Gasteiger partial charge on any atom is 1.00 e. The van der Waals surface area contributed by atoms with Gasteiger partial charge >= 0.3 is 35.5 Å². The molecule has 2 fully saturated rings. The molecule has 1 aliphatic heterocycles. The number of nitrogens with one attached hydrogen (secondary N) is 1. The Bertz CT molecular complexity index is 1320. The van der Waals surface area contributed by atoms with Crippen molar-refractivity contribution < 1.29 is 68.1 Å². The molecular weight excluding hydrogens is 679 g/mol. The molecule has 292 valence electrons. The molecule has 2 aromatic rings. The number of ether oxygens (including phenoxy) is 2. The van der Waals surface area contributed by atoms with E-state index in [0.29, 0.717) is 28.9 Å². The topological polar surface area (TPSA) is 215 Å². The van der Waals surface area contributed by atoms with Gasteiger partial charge in [0.25, 0.3) is 0 Å². The minimum Gasteiger partial charge on any atom is -0.857 e.